The van der Waals surface area contributed by atoms with Gasteiger partial charge in [-0.25, -0.2) is 0 Å². The van der Waals surface area contributed by atoms with Crippen LogP contribution in [0.25, 0.3) is 0 Å². The average molecular weight is 275 g/mol. The topological polar surface area (TPSA) is 47.0 Å². The number of hydrogen-bond acceptors (Lipinski definition) is 4. The van der Waals surface area contributed by atoms with Crippen molar-refractivity contribution < 1.29 is 17.9 Å². The molecule has 1 heterocycles. The van der Waals surface area contributed by atoms with Crippen LogP contribution < -0.4 is 10.1 Å². The Balaban J connectivity index is 2.02. The Morgan fingerprint density at radius 2 is 1.95 bits per heavy atom. The van der Waals surface area contributed by atoms with Gasteiger partial charge >= 0.3 is 6.18 Å². The summed E-state index contributed by atoms with van der Waals surface area (Å²) in [5, 5.41) is 9.79. The lowest BCUT2D eigenvalue weighted by Crippen LogP contribution is -2.43. The van der Waals surface area contributed by atoms with Gasteiger partial charge in [-0.3, -0.25) is 0 Å². The van der Waals surface area contributed by atoms with E-state index in [1.165, 1.54) is 6.07 Å². The predicted octanol–water partition coefficient (Wildman–Crippen LogP) is 2.40. The van der Waals surface area contributed by atoms with Gasteiger partial charge in [-0.1, -0.05) is 6.42 Å². The summed E-state index contributed by atoms with van der Waals surface area (Å²) in [4.78, 5) is 0. The smallest absolute Gasteiger partial charge is 0.435 e. The maximum absolute atomic E-state index is 12.3. The van der Waals surface area contributed by atoms with Crippen LogP contribution in [0.3, 0.4) is 0 Å². The lowest BCUT2D eigenvalue weighted by molar-refractivity contribution is -0.141. The monoisotopic (exact) mass is 275 g/mol. The van der Waals surface area contributed by atoms with E-state index in [9.17, 15) is 13.2 Å². The number of aromatic nitrogens is 2. The highest BCUT2D eigenvalue weighted by Crippen LogP contribution is 2.28. The highest BCUT2D eigenvalue weighted by atomic mass is 19.4. The molecule has 1 fully saturated rings. The Morgan fingerprint density at radius 3 is 2.53 bits per heavy atom. The Hall–Kier alpha value is -1.37. The third kappa shape index (κ3) is 3.56. The fourth-order valence-corrected chi connectivity index (χ4v) is 2.26. The molecular weight excluding hydrogens is 259 g/mol. The van der Waals surface area contributed by atoms with Gasteiger partial charge in [0.1, 0.15) is 6.10 Å². The fraction of sp³-hybridized carbons (Fsp3) is 0.667. The molecule has 4 nitrogen and oxygen atoms in total. The molecule has 1 aliphatic carbocycles. The minimum atomic E-state index is -4.47. The SMILES string of the molecule is CNC1CCCCC1Oc1ccc(C(F)(F)F)nn1. The summed E-state index contributed by atoms with van der Waals surface area (Å²) in [7, 11) is 1.85. The quantitative estimate of drug-likeness (QED) is 0.920. The summed E-state index contributed by atoms with van der Waals surface area (Å²) in [6.07, 6.45) is -0.487. The molecule has 1 aliphatic rings. The Labute approximate surface area is 109 Å². The van der Waals surface area contributed by atoms with Crippen molar-refractivity contribution in [1.82, 2.24) is 15.5 Å². The van der Waals surface area contributed by atoms with Crippen molar-refractivity contribution in [2.75, 3.05) is 7.05 Å². The molecule has 0 aliphatic heterocycles. The average Bonchev–Trinajstić information content (AvgIpc) is 2.39. The summed E-state index contributed by atoms with van der Waals surface area (Å²) in [6, 6.07) is 2.31. The molecule has 0 spiro atoms. The second-order valence-electron chi connectivity index (χ2n) is 4.59. The first kappa shape index (κ1) is 14.0. The summed E-state index contributed by atoms with van der Waals surface area (Å²) in [5.74, 6) is 0.139. The van der Waals surface area contributed by atoms with Gasteiger partial charge in [0.25, 0.3) is 0 Å². The Kier molecular flexibility index (Phi) is 4.24. The van der Waals surface area contributed by atoms with E-state index in [-0.39, 0.29) is 18.0 Å². The molecule has 1 saturated carbocycles. The molecule has 1 aromatic rings. The molecule has 7 heteroatoms. The molecule has 106 valence electrons. The Morgan fingerprint density at radius 1 is 1.21 bits per heavy atom. The lowest BCUT2D eigenvalue weighted by atomic mass is 9.92. The van der Waals surface area contributed by atoms with Gasteiger partial charge in [-0.2, -0.15) is 13.2 Å². The second-order valence-corrected chi connectivity index (χ2v) is 4.59. The van der Waals surface area contributed by atoms with Gasteiger partial charge in [0.05, 0.1) is 0 Å². The maximum Gasteiger partial charge on any atom is 0.435 e. The van der Waals surface area contributed by atoms with Crippen LogP contribution in [0.4, 0.5) is 13.2 Å². The number of nitrogens with one attached hydrogen (secondary N) is 1. The van der Waals surface area contributed by atoms with Crippen molar-refractivity contribution in [2.24, 2.45) is 0 Å². The number of alkyl halides is 3. The maximum atomic E-state index is 12.3. The minimum absolute atomic E-state index is 0.0650. The van der Waals surface area contributed by atoms with Crippen molar-refractivity contribution in [3.63, 3.8) is 0 Å². The van der Waals surface area contributed by atoms with Crippen molar-refractivity contribution in [3.8, 4) is 5.88 Å². The molecule has 0 bridgehead atoms. The Bertz CT molecular complexity index is 408. The largest absolute Gasteiger partial charge is 0.472 e. The number of nitrogens with zero attached hydrogens (tertiary/aromatic N) is 2. The van der Waals surface area contributed by atoms with Crippen molar-refractivity contribution in [3.05, 3.63) is 17.8 Å². The zero-order valence-corrected chi connectivity index (χ0v) is 10.6. The molecule has 0 amide bonds. The van der Waals surface area contributed by atoms with Crippen LogP contribution in [0.5, 0.6) is 5.88 Å². The fourth-order valence-electron chi connectivity index (χ4n) is 2.26. The van der Waals surface area contributed by atoms with Gasteiger partial charge in [0, 0.05) is 12.1 Å². The number of rotatable bonds is 3. The normalized spacial score (nSPS) is 24.2. The first-order valence-corrected chi connectivity index (χ1v) is 6.25. The molecule has 2 rings (SSSR count). The van der Waals surface area contributed by atoms with E-state index < -0.39 is 11.9 Å². The van der Waals surface area contributed by atoms with Gasteiger partial charge in [0.2, 0.25) is 5.88 Å². The highest BCUT2D eigenvalue weighted by Gasteiger charge is 2.33. The zero-order chi connectivity index (χ0) is 13.9. The van der Waals surface area contributed by atoms with Crippen molar-refractivity contribution in [2.45, 2.75) is 44.0 Å². The van der Waals surface area contributed by atoms with E-state index in [1.54, 1.807) is 0 Å². The van der Waals surface area contributed by atoms with E-state index in [1.807, 2.05) is 7.05 Å². The van der Waals surface area contributed by atoms with Crippen LogP contribution in [-0.2, 0) is 6.18 Å². The lowest BCUT2D eigenvalue weighted by Gasteiger charge is -2.31. The standard InChI is InChI=1S/C12H16F3N3O/c1-16-8-4-2-3-5-9(8)19-11-7-6-10(17-18-11)12(13,14)15/h6-9,16H,2-5H2,1H3. The number of halogens is 3. The third-order valence-electron chi connectivity index (χ3n) is 3.28. The highest BCUT2D eigenvalue weighted by molar-refractivity contribution is 5.14. The first-order valence-electron chi connectivity index (χ1n) is 6.25. The van der Waals surface area contributed by atoms with Crippen LogP contribution in [-0.4, -0.2) is 29.4 Å². The van der Waals surface area contributed by atoms with Crippen molar-refractivity contribution in [1.29, 1.82) is 0 Å². The summed E-state index contributed by atoms with van der Waals surface area (Å²) in [6.45, 7) is 0. The van der Waals surface area contributed by atoms with Gasteiger partial charge in [-0.15, -0.1) is 10.2 Å². The number of ether oxygens (including phenoxy) is 1. The molecule has 2 atom stereocenters. The van der Waals surface area contributed by atoms with Gasteiger partial charge in [0.15, 0.2) is 5.69 Å². The zero-order valence-electron chi connectivity index (χ0n) is 10.6. The summed E-state index contributed by atoms with van der Waals surface area (Å²) in [5.41, 5.74) is -1.01. The van der Waals surface area contributed by atoms with Crippen LogP contribution >= 0.6 is 0 Å². The van der Waals surface area contributed by atoms with Gasteiger partial charge < -0.3 is 10.1 Å². The van der Waals surface area contributed by atoms with Crippen LogP contribution in [0.1, 0.15) is 31.4 Å². The third-order valence-corrected chi connectivity index (χ3v) is 3.28. The predicted molar refractivity (Wildman–Crippen MR) is 62.8 cm³/mol. The van der Waals surface area contributed by atoms with Crippen LogP contribution in [0.15, 0.2) is 12.1 Å². The van der Waals surface area contributed by atoms with Crippen LogP contribution in [0.2, 0.25) is 0 Å². The molecular formula is C12H16F3N3O. The molecule has 19 heavy (non-hydrogen) atoms. The minimum Gasteiger partial charge on any atom is -0.472 e. The van der Waals surface area contributed by atoms with E-state index in [4.69, 9.17) is 4.74 Å². The number of hydrogen-bond donors (Lipinski definition) is 1. The molecule has 0 radical (unpaired) electrons. The van der Waals surface area contributed by atoms with E-state index in [0.717, 1.165) is 31.7 Å². The van der Waals surface area contributed by atoms with E-state index >= 15 is 0 Å². The van der Waals surface area contributed by atoms with Crippen molar-refractivity contribution >= 4 is 0 Å². The van der Waals surface area contributed by atoms with Crippen LogP contribution in [0, 0.1) is 0 Å². The molecule has 1 aromatic heterocycles. The van der Waals surface area contributed by atoms with E-state index in [2.05, 4.69) is 15.5 Å². The molecule has 1 N–H and O–H groups in total. The summed E-state index contributed by atoms with van der Waals surface area (Å²) >= 11 is 0. The number of likely N-dealkylation sites (N-methyl/N-ethyl adjacent to an activating group) is 1. The molecule has 2 unspecified atom stereocenters. The summed E-state index contributed by atoms with van der Waals surface area (Å²) < 4.78 is 42.6. The van der Waals surface area contributed by atoms with Gasteiger partial charge in [-0.05, 0) is 32.4 Å². The first-order chi connectivity index (χ1) is 9.00. The molecule has 0 aromatic carbocycles. The van der Waals surface area contributed by atoms with E-state index in [0.29, 0.717) is 0 Å². The molecule has 0 saturated heterocycles. The second kappa shape index (κ2) is 5.73.